The summed E-state index contributed by atoms with van der Waals surface area (Å²) in [5.41, 5.74) is 2.43. The Kier molecular flexibility index (Phi) is 5.23. The van der Waals surface area contributed by atoms with Crippen LogP contribution in [0.15, 0.2) is 79.3 Å². The third kappa shape index (κ3) is 3.61. The van der Waals surface area contributed by atoms with Crippen molar-refractivity contribution >= 4 is 64.1 Å². The van der Waals surface area contributed by atoms with E-state index >= 15 is 0 Å². The molecule has 2 N–H and O–H groups in total. The highest BCUT2D eigenvalue weighted by atomic mass is 32.2. The third-order valence-corrected chi connectivity index (χ3v) is 8.12. The second-order valence-electron chi connectivity index (χ2n) is 8.50. The Balaban J connectivity index is 1.85. The maximum atomic E-state index is 11.9. The lowest BCUT2D eigenvalue weighted by atomic mass is 9.93. The third-order valence-electron chi connectivity index (χ3n) is 6.42. The standard InChI is InChI=1S/C26H18O10S2/c1-33-19-7-9-21-23(15-11-13(37(27,28)29)3-5-17(15)35-21)25(19)26-20(34-2)8-10-22-24(26)16-12-14(38(30,31)32)4-6-18(16)36-22/h3-12H,1-2H3,(H,27,28,29)(H,30,31,32). The van der Waals surface area contributed by atoms with Crippen LogP contribution in [0.1, 0.15) is 0 Å². The highest BCUT2D eigenvalue weighted by Crippen LogP contribution is 2.50. The summed E-state index contributed by atoms with van der Waals surface area (Å²) in [6.45, 7) is 0. The fourth-order valence-electron chi connectivity index (χ4n) is 4.82. The first-order valence-corrected chi connectivity index (χ1v) is 13.9. The molecule has 0 atom stereocenters. The van der Waals surface area contributed by atoms with E-state index in [1.807, 2.05) is 0 Å². The van der Waals surface area contributed by atoms with E-state index in [0.29, 0.717) is 66.5 Å². The molecule has 0 aliphatic rings. The second-order valence-corrected chi connectivity index (χ2v) is 11.3. The fourth-order valence-corrected chi connectivity index (χ4v) is 5.83. The molecule has 2 heterocycles. The van der Waals surface area contributed by atoms with Crippen LogP contribution in [0.5, 0.6) is 11.5 Å². The summed E-state index contributed by atoms with van der Waals surface area (Å²) in [5, 5.41) is 1.70. The molecule has 0 spiro atoms. The molecule has 38 heavy (non-hydrogen) atoms. The molecule has 10 nitrogen and oxygen atoms in total. The minimum absolute atomic E-state index is 0.321. The fraction of sp³-hybridized carbons (Fsp3) is 0.0769. The molecule has 12 heteroatoms. The number of benzene rings is 4. The number of hydrogen-bond acceptors (Lipinski definition) is 8. The van der Waals surface area contributed by atoms with Crippen molar-refractivity contribution in [2.24, 2.45) is 0 Å². The zero-order valence-corrected chi connectivity index (χ0v) is 21.4. The number of rotatable bonds is 5. The Morgan fingerprint density at radius 3 is 1.29 bits per heavy atom. The van der Waals surface area contributed by atoms with Gasteiger partial charge < -0.3 is 18.3 Å². The molecule has 0 saturated carbocycles. The number of hydrogen-bond donors (Lipinski definition) is 2. The Morgan fingerprint density at radius 1 is 0.579 bits per heavy atom. The summed E-state index contributed by atoms with van der Waals surface area (Å²) in [4.78, 5) is -0.642. The summed E-state index contributed by atoms with van der Waals surface area (Å²) < 4.78 is 90.4. The first-order valence-electron chi connectivity index (χ1n) is 11.0. The van der Waals surface area contributed by atoms with Crippen LogP contribution >= 0.6 is 0 Å². The average molecular weight is 555 g/mol. The van der Waals surface area contributed by atoms with Crippen LogP contribution in [0.25, 0.3) is 55.0 Å². The average Bonchev–Trinajstić information content (AvgIpc) is 3.43. The van der Waals surface area contributed by atoms with Gasteiger partial charge >= 0.3 is 0 Å². The molecular formula is C26H18O10S2. The van der Waals surface area contributed by atoms with E-state index in [-0.39, 0.29) is 9.79 Å². The van der Waals surface area contributed by atoms with E-state index in [2.05, 4.69) is 0 Å². The van der Waals surface area contributed by atoms with Crippen LogP contribution in [0.4, 0.5) is 0 Å². The smallest absolute Gasteiger partial charge is 0.294 e. The molecule has 0 bridgehead atoms. The van der Waals surface area contributed by atoms with E-state index in [4.69, 9.17) is 18.3 Å². The summed E-state index contributed by atoms with van der Waals surface area (Å²) in [7, 11) is -6.10. The van der Waals surface area contributed by atoms with Crippen molar-refractivity contribution in [2.75, 3.05) is 14.2 Å². The lowest BCUT2D eigenvalue weighted by Crippen LogP contribution is -1.97. The van der Waals surface area contributed by atoms with Crippen molar-refractivity contribution in [2.45, 2.75) is 9.79 Å². The Labute approximate surface area is 215 Å². The summed E-state index contributed by atoms with van der Waals surface area (Å²) >= 11 is 0. The van der Waals surface area contributed by atoms with Crippen LogP contribution in [0.3, 0.4) is 0 Å². The van der Waals surface area contributed by atoms with Gasteiger partial charge in [-0.05, 0) is 60.7 Å². The topological polar surface area (TPSA) is 153 Å². The molecule has 4 aromatic carbocycles. The molecule has 6 aromatic rings. The lowest BCUT2D eigenvalue weighted by molar-refractivity contribution is 0.411. The molecule has 194 valence electrons. The van der Waals surface area contributed by atoms with Gasteiger partial charge in [-0.25, -0.2) is 0 Å². The number of fused-ring (bicyclic) bond motifs is 6. The van der Waals surface area contributed by atoms with Crippen LogP contribution < -0.4 is 9.47 Å². The first kappa shape index (κ1) is 24.2. The monoisotopic (exact) mass is 554 g/mol. The van der Waals surface area contributed by atoms with Crippen molar-refractivity contribution < 1.29 is 44.2 Å². The van der Waals surface area contributed by atoms with Crippen LogP contribution in [-0.2, 0) is 20.2 Å². The number of furan rings is 2. The maximum Gasteiger partial charge on any atom is 0.294 e. The predicted molar refractivity (Wildman–Crippen MR) is 139 cm³/mol. The largest absolute Gasteiger partial charge is 0.496 e. The molecule has 0 unspecified atom stereocenters. The van der Waals surface area contributed by atoms with E-state index in [1.54, 1.807) is 24.3 Å². The van der Waals surface area contributed by atoms with Gasteiger partial charge in [-0.15, -0.1) is 0 Å². The van der Waals surface area contributed by atoms with Gasteiger partial charge in [0.1, 0.15) is 33.8 Å². The van der Waals surface area contributed by atoms with Gasteiger partial charge in [0.15, 0.2) is 0 Å². The molecule has 0 fully saturated rings. The van der Waals surface area contributed by atoms with Gasteiger partial charge in [-0.1, -0.05) is 0 Å². The molecule has 0 aliphatic carbocycles. The zero-order chi connectivity index (χ0) is 27.0. The van der Waals surface area contributed by atoms with E-state index < -0.39 is 20.2 Å². The molecule has 6 rings (SSSR count). The lowest BCUT2D eigenvalue weighted by Gasteiger charge is -2.15. The molecule has 0 amide bonds. The van der Waals surface area contributed by atoms with E-state index in [1.165, 1.54) is 50.6 Å². The number of methoxy groups -OCH3 is 2. The first-order chi connectivity index (χ1) is 18.0. The van der Waals surface area contributed by atoms with Gasteiger partial charge in [0, 0.05) is 32.7 Å². The second kappa shape index (κ2) is 8.20. The number of ether oxygens (including phenoxy) is 2. The van der Waals surface area contributed by atoms with Crippen LogP contribution in [0.2, 0.25) is 0 Å². The van der Waals surface area contributed by atoms with E-state index in [0.717, 1.165) is 0 Å². The van der Waals surface area contributed by atoms with Crippen LogP contribution in [-0.4, -0.2) is 40.2 Å². The Bertz CT molecular complexity index is 2000. The minimum Gasteiger partial charge on any atom is -0.496 e. The summed E-state index contributed by atoms with van der Waals surface area (Å²) in [6, 6.07) is 14.6. The highest BCUT2D eigenvalue weighted by molar-refractivity contribution is 7.86. The molecule has 0 aliphatic heterocycles. The quantitative estimate of drug-likeness (QED) is 0.255. The Morgan fingerprint density at radius 2 is 0.947 bits per heavy atom. The van der Waals surface area contributed by atoms with Crippen molar-refractivity contribution in [1.82, 2.24) is 0 Å². The highest BCUT2D eigenvalue weighted by Gasteiger charge is 2.26. The molecule has 0 radical (unpaired) electrons. The summed E-state index contributed by atoms with van der Waals surface area (Å²) in [5.74, 6) is 0.757. The normalized spacial score (nSPS) is 12.6. The Hall–Kier alpha value is -4.10. The van der Waals surface area contributed by atoms with Crippen molar-refractivity contribution in [3.05, 3.63) is 60.7 Å². The van der Waals surface area contributed by atoms with Crippen molar-refractivity contribution in [3.8, 4) is 22.6 Å². The van der Waals surface area contributed by atoms with Crippen molar-refractivity contribution in [1.29, 1.82) is 0 Å². The van der Waals surface area contributed by atoms with Gasteiger partial charge in [0.25, 0.3) is 20.2 Å². The molecule has 2 aromatic heterocycles. The zero-order valence-electron chi connectivity index (χ0n) is 19.8. The van der Waals surface area contributed by atoms with Gasteiger partial charge in [-0.3, -0.25) is 9.11 Å². The SMILES string of the molecule is COc1ccc2oc3ccc(S(=O)(=O)O)cc3c2c1-c1c(OC)ccc2oc3ccc(S(=O)(=O)O)cc3c12. The molecular weight excluding hydrogens is 536 g/mol. The molecule has 0 saturated heterocycles. The minimum atomic E-state index is -4.51. The van der Waals surface area contributed by atoms with Crippen molar-refractivity contribution in [3.63, 3.8) is 0 Å². The predicted octanol–water partition coefficient (Wildman–Crippen LogP) is 5.66. The summed E-state index contributed by atoms with van der Waals surface area (Å²) in [6.07, 6.45) is 0. The van der Waals surface area contributed by atoms with Crippen LogP contribution in [0, 0.1) is 0 Å². The maximum absolute atomic E-state index is 11.9. The van der Waals surface area contributed by atoms with Gasteiger partial charge in [-0.2, -0.15) is 16.8 Å². The van der Waals surface area contributed by atoms with Gasteiger partial charge in [0.2, 0.25) is 0 Å². The van der Waals surface area contributed by atoms with Gasteiger partial charge in [0.05, 0.1) is 24.0 Å². The van der Waals surface area contributed by atoms with E-state index in [9.17, 15) is 25.9 Å².